The predicted octanol–water partition coefficient (Wildman–Crippen LogP) is 4.46. The van der Waals surface area contributed by atoms with Crippen LogP contribution in [0.1, 0.15) is 45.8 Å². The summed E-state index contributed by atoms with van der Waals surface area (Å²) in [4.78, 5) is 12.1. The van der Waals surface area contributed by atoms with Gasteiger partial charge in [0.2, 0.25) is 6.79 Å². The third-order valence-corrected chi connectivity index (χ3v) is 6.97. The number of alkyl carbamates (subject to hydrolysis) is 1. The predicted molar refractivity (Wildman–Crippen MR) is 109 cm³/mol. The van der Waals surface area contributed by atoms with Gasteiger partial charge in [0.25, 0.3) is 0 Å². The van der Waals surface area contributed by atoms with Gasteiger partial charge in [0.1, 0.15) is 6.61 Å². The Morgan fingerprint density at radius 3 is 2.86 bits per heavy atom. The molecule has 158 valence electrons. The molecule has 1 aliphatic carbocycles. The minimum atomic E-state index is -0.346. The smallest absolute Gasteiger partial charge is 0.407 e. The summed E-state index contributed by atoms with van der Waals surface area (Å²) in [5, 5.41) is 2.80. The molecule has 0 spiro atoms. The molecular weight excluding hydrogens is 370 g/mol. The van der Waals surface area contributed by atoms with E-state index in [2.05, 4.69) is 38.2 Å². The number of hydrogen-bond acceptors (Lipinski definition) is 5. The summed E-state index contributed by atoms with van der Waals surface area (Å²) in [5.74, 6) is 2.36. The largest absolute Gasteiger partial charge is 0.454 e. The van der Waals surface area contributed by atoms with Crippen LogP contribution in [-0.2, 0) is 9.47 Å². The molecule has 6 nitrogen and oxygen atoms in total. The Labute approximate surface area is 172 Å². The van der Waals surface area contributed by atoms with Crippen molar-refractivity contribution in [2.75, 3.05) is 26.6 Å². The van der Waals surface area contributed by atoms with E-state index in [9.17, 15) is 4.79 Å². The highest BCUT2D eigenvalue weighted by Crippen LogP contribution is 2.56. The Morgan fingerprint density at radius 1 is 1.28 bits per heavy atom. The van der Waals surface area contributed by atoms with Gasteiger partial charge in [-0.05, 0) is 42.9 Å². The summed E-state index contributed by atoms with van der Waals surface area (Å²) < 4.78 is 23.1. The van der Waals surface area contributed by atoms with E-state index in [1.807, 2.05) is 19.1 Å². The van der Waals surface area contributed by atoms with Crippen LogP contribution in [0.2, 0.25) is 0 Å². The van der Waals surface area contributed by atoms with Gasteiger partial charge in [-0.25, -0.2) is 4.79 Å². The van der Waals surface area contributed by atoms with E-state index in [-0.39, 0.29) is 36.2 Å². The number of amides is 1. The highest BCUT2D eigenvalue weighted by Gasteiger charge is 2.54. The highest BCUT2D eigenvalue weighted by atomic mass is 16.7. The number of ether oxygens (including phenoxy) is 4. The molecular formula is C23H31NO5. The lowest BCUT2D eigenvalue weighted by atomic mass is 9.56. The lowest BCUT2D eigenvalue weighted by Crippen LogP contribution is -2.54. The molecule has 29 heavy (non-hydrogen) atoms. The van der Waals surface area contributed by atoms with Crippen molar-refractivity contribution in [1.29, 1.82) is 0 Å². The topological polar surface area (TPSA) is 66.0 Å². The van der Waals surface area contributed by atoms with Crippen LogP contribution in [-0.4, -0.2) is 32.6 Å². The first-order valence-electron chi connectivity index (χ1n) is 10.6. The quantitative estimate of drug-likeness (QED) is 0.738. The van der Waals surface area contributed by atoms with Crippen LogP contribution in [0.5, 0.6) is 11.5 Å². The molecule has 4 rings (SSSR count). The molecule has 2 heterocycles. The molecule has 1 aromatic rings. The fraction of sp³-hybridized carbons (Fsp3) is 0.609. The van der Waals surface area contributed by atoms with E-state index >= 15 is 0 Å². The first kappa shape index (κ1) is 20.1. The summed E-state index contributed by atoms with van der Waals surface area (Å²) in [6.45, 7) is 10.5. The maximum absolute atomic E-state index is 12.1. The SMILES string of the molecule is CCCNC(=O)OC[C@@]12CO[C@H](c3ccc4c(c3)OCO4)[C@H](C(C)=C[C@@H]1C)[C@@H]2C. The van der Waals surface area contributed by atoms with Crippen molar-refractivity contribution in [3.63, 3.8) is 0 Å². The number of allylic oxidation sites excluding steroid dienone is 1. The van der Waals surface area contributed by atoms with Crippen LogP contribution in [0, 0.1) is 23.2 Å². The third-order valence-electron chi connectivity index (χ3n) is 6.97. The molecule has 3 aliphatic rings. The third kappa shape index (κ3) is 3.48. The Hall–Kier alpha value is -2.21. The van der Waals surface area contributed by atoms with Gasteiger partial charge in [-0.1, -0.05) is 38.5 Å². The number of carbonyl (C=O) groups excluding carboxylic acids is 1. The highest BCUT2D eigenvalue weighted by molar-refractivity contribution is 5.67. The molecule has 1 N–H and O–H groups in total. The van der Waals surface area contributed by atoms with Gasteiger partial charge in [0.15, 0.2) is 11.5 Å². The van der Waals surface area contributed by atoms with E-state index in [4.69, 9.17) is 18.9 Å². The minimum Gasteiger partial charge on any atom is -0.454 e. The van der Waals surface area contributed by atoms with E-state index in [1.54, 1.807) is 0 Å². The van der Waals surface area contributed by atoms with Crippen LogP contribution in [0.3, 0.4) is 0 Å². The van der Waals surface area contributed by atoms with E-state index in [0.29, 0.717) is 25.7 Å². The van der Waals surface area contributed by atoms with Gasteiger partial charge < -0.3 is 24.3 Å². The van der Waals surface area contributed by atoms with E-state index in [0.717, 1.165) is 23.5 Å². The van der Waals surface area contributed by atoms with Crippen molar-refractivity contribution in [2.45, 2.75) is 40.2 Å². The van der Waals surface area contributed by atoms with Crippen molar-refractivity contribution in [1.82, 2.24) is 5.32 Å². The number of carbonyl (C=O) groups is 1. The average molecular weight is 402 g/mol. The monoisotopic (exact) mass is 401 g/mol. The van der Waals surface area contributed by atoms with Crippen molar-refractivity contribution in [3.05, 3.63) is 35.4 Å². The number of benzene rings is 1. The van der Waals surface area contributed by atoms with Gasteiger partial charge in [-0.15, -0.1) is 0 Å². The molecule has 5 atom stereocenters. The van der Waals surface area contributed by atoms with Gasteiger partial charge in [0, 0.05) is 17.9 Å². The van der Waals surface area contributed by atoms with Crippen molar-refractivity contribution in [2.24, 2.45) is 23.2 Å². The summed E-state index contributed by atoms with van der Waals surface area (Å²) in [5.41, 5.74) is 2.21. The van der Waals surface area contributed by atoms with Crippen molar-refractivity contribution < 1.29 is 23.7 Å². The van der Waals surface area contributed by atoms with Crippen molar-refractivity contribution in [3.8, 4) is 11.5 Å². The molecule has 0 unspecified atom stereocenters. The number of rotatable bonds is 5. The van der Waals surface area contributed by atoms with Crippen LogP contribution in [0.15, 0.2) is 29.8 Å². The van der Waals surface area contributed by atoms with Crippen LogP contribution >= 0.6 is 0 Å². The summed E-state index contributed by atoms with van der Waals surface area (Å²) in [6, 6.07) is 6.06. The number of nitrogens with one attached hydrogen (secondary N) is 1. The first-order valence-corrected chi connectivity index (χ1v) is 10.6. The second-order valence-corrected chi connectivity index (χ2v) is 8.59. The van der Waals surface area contributed by atoms with Gasteiger partial charge in [0.05, 0.1) is 12.7 Å². The average Bonchev–Trinajstić information content (AvgIpc) is 3.17. The second kappa shape index (κ2) is 7.90. The van der Waals surface area contributed by atoms with Gasteiger partial charge in [-0.3, -0.25) is 0 Å². The zero-order valence-electron chi connectivity index (χ0n) is 17.7. The summed E-state index contributed by atoms with van der Waals surface area (Å²) in [6.07, 6.45) is 2.82. The van der Waals surface area contributed by atoms with Gasteiger partial charge >= 0.3 is 6.09 Å². The lowest BCUT2D eigenvalue weighted by Gasteiger charge is -2.55. The Balaban J connectivity index is 1.57. The minimum absolute atomic E-state index is 0.0507. The molecule has 1 fully saturated rings. The molecule has 1 aromatic carbocycles. The van der Waals surface area contributed by atoms with Crippen LogP contribution < -0.4 is 14.8 Å². The fourth-order valence-corrected chi connectivity index (χ4v) is 5.13. The van der Waals surface area contributed by atoms with E-state index in [1.165, 1.54) is 5.57 Å². The Bertz CT molecular complexity index is 806. The zero-order valence-corrected chi connectivity index (χ0v) is 17.7. The standard InChI is InChI=1S/C23H31NO5/c1-5-8-24-22(25)27-12-23-11-26-21(20(16(23)4)14(2)9-15(23)3)17-6-7-18-19(10-17)29-13-28-18/h6-7,9-10,15-16,20-21H,5,8,11-13H2,1-4H3,(H,24,25)/t15-,16-,20+,21+,23-/m0/s1. The maximum atomic E-state index is 12.1. The van der Waals surface area contributed by atoms with E-state index < -0.39 is 0 Å². The second-order valence-electron chi connectivity index (χ2n) is 8.59. The fourth-order valence-electron chi connectivity index (χ4n) is 5.13. The molecule has 6 heteroatoms. The Kier molecular flexibility index (Phi) is 5.47. The Morgan fingerprint density at radius 2 is 2.07 bits per heavy atom. The summed E-state index contributed by atoms with van der Waals surface area (Å²) in [7, 11) is 0. The van der Waals surface area contributed by atoms with Crippen LogP contribution in [0.25, 0.3) is 0 Å². The number of fused-ring (bicyclic) bond motifs is 3. The lowest BCUT2D eigenvalue weighted by molar-refractivity contribution is -0.165. The first-order chi connectivity index (χ1) is 14.0. The zero-order chi connectivity index (χ0) is 20.6. The molecule has 0 radical (unpaired) electrons. The summed E-state index contributed by atoms with van der Waals surface area (Å²) >= 11 is 0. The molecule has 0 aromatic heterocycles. The van der Waals surface area contributed by atoms with Gasteiger partial charge in [-0.2, -0.15) is 0 Å². The molecule has 0 saturated carbocycles. The van der Waals surface area contributed by atoms with Crippen molar-refractivity contribution >= 4 is 6.09 Å². The molecule has 1 saturated heterocycles. The number of hydrogen-bond donors (Lipinski definition) is 1. The molecule has 2 aliphatic heterocycles. The van der Waals surface area contributed by atoms with Crippen LogP contribution in [0.4, 0.5) is 4.79 Å². The normalized spacial score (nSPS) is 32.5. The maximum Gasteiger partial charge on any atom is 0.407 e. The molecule has 1 amide bonds. The molecule has 2 bridgehead atoms.